The van der Waals surface area contributed by atoms with E-state index in [-0.39, 0.29) is 18.7 Å². The Morgan fingerprint density at radius 2 is 2.06 bits per heavy atom. The number of piperidine rings is 1. The molecule has 1 heterocycles. The van der Waals surface area contributed by atoms with E-state index in [1.807, 2.05) is 20.8 Å². The summed E-state index contributed by atoms with van der Waals surface area (Å²) in [7, 11) is 1.57. The van der Waals surface area contributed by atoms with Gasteiger partial charge in [-0.05, 0) is 27.2 Å². The van der Waals surface area contributed by atoms with Gasteiger partial charge in [-0.3, -0.25) is 0 Å². The number of likely N-dealkylation sites (tertiary alicyclic amines) is 1. The van der Waals surface area contributed by atoms with Crippen LogP contribution in [-0.2, 0) is 9.47 Å². The lowest BCUT2D eigenvalue weighted by molar-refractivity contribution is -0.0639. The molecule has 0 aromatic heterocycles. The van der Waals surface area contributed by atoms with Crippen LogP contribution < -0.4 is 0 Å². The van der Waals surface area contributed by atoms with Crippen molar-refractivity contribution in [3.63, 3.8) is 0 Å². The van der Waals surface area contributed by atoms with Crippen molar-refractivity contribution in [1.82, 2.24) is 4.90 Å². The second-order valence-electron chi connectivity index (χ2n) is 5.06. The molecule has 1 aliphatic rings. The Kier molecular flexibility index (Phi) is 4.15. The molecular weight excluding hydrogens is 210 g/mol. The van der Waals surface area contributed by atoms with Crippen LogP contribution in [-0.4, -0.2) is 54.1 Å². The van der Waals surface area contributed by atoms with Gasteiger partial charge in [-0.15, -0.1) is 0 Å². The van der Waals surface area contributed by atoms with Crippen LogP contribution in [0.25, 0.3) is 0 Å². The fraction of sp³-hybridized carbons (Fsp3) is 0.909. The predicted molar refractivity (Wildman–Crippen MR) is 59.2 cm³/mol. The number of β-amino-alcohol motifs (C(OH)–C–C–N with tert-alkyl or cyclic N) is 1. The average molecular weight is 231 g/mol. The van der Waals surface area contributed by atoms with E-state index in [1.165, 1.54) is 4.90 Å². The Labute approximate surface area is 96.3 Å². The first-order valence-electron chi connectivity index (χ1n) is 5.52. The molecule has 1 rings (SSSR count). The summed E-state index contributed by atoms with van der Waals surface area (Å²) in [5.74, 6) is 0. The monoisotopic (exact) mass is 231 g/mol. The summed E-state index contributed by atoms with van der Waals surface area (Å²) in [6.45, 7) is 6.30. The largest absolute Gasteiger partial charge is 0.444 e. The summed E-state index contributed by atoms with van der Waals surface area (Å²) < 4.78 is 10.3. The molecule has 0 spiro atoms. The highest BCUT2D eigenvalue weighted by Crippen LogP contribution is 2.17. The van der Waals surface area contributed by atoms with Gasteiger partial charge in [0.15, 0.2) is 0 Å². The van der Waals surface area contributed by atoms with Crippen LogP contribution in [0.15, 0.2) is 0 Å². The second kappa shape index (κ2) is 5.01. The lowest BCUT2D eigenvalue weighted by atomic mass is 10.1. The van der Waals surface area contributed by atoms with Crippen molar-refractivity contribution in [2.24, 2.45) is 0 Å². The Bertz CT molecular complexity index is 249. The molecule has 1 saturated heterocycles. The highest BCUT2D eigenvalue weighted by molar-refractivity contribution is 5.68. The number of carbonyl (C=O) groups is 1. The molecular formula is C11H21NO4. The highest BCUT2D eigenvalue weighted by Gasteiger charge is 2.32. The van der Waals surface area contributed by atoms with Gasteiger partial charge in [-0.1, -0.05) is 0 Å². The van der Waals surface area contributed by atoms with E-state index in [1.54, 1.807) is 7.11 Å². The number of aliphatic hydroxyl groups excluding tert-OH is 1. The third-order valence-electron chi connectivity index (χ3n) is 2.47. The number of rotatable bonds is 1. The quantitative estimate of drug-likeness (QED) is 0.731. The number of carbonyl (C=O) groups excluding carboxylic acids is 1. The highest BCUT2D eigenvalue weighted by atomic mass is 16.6. The standard InChI is InChI=1S/C11H21NO4/c1-11(2,3)16-10(14)12-6-5-9(15-4)8(13)7-12/h8-9,13H,5-7H2,1-4H3/t8-,9-/m0/s1. The normalized spacial score (nSPS) is 26.7. The molecule has 5 heteroatoms. The molecule has 0 aromatic rings. The van der Waals surface area contributed by atoms with Crippen molar-refractivity contribution in [3.05, 3.63) is 0 Å². The maximum absolute atomic E-state index is 11.7. The molecule has 0 bridgehead atoms. The van der Waals surface area contributed by atoms with Gasteiger partial charge in [0.25, 0.3) is 0 Å². The van der Waals surface area contributed by atoms with Crippen LogP contribution in [0.5, 0.6) is 0 Å². The van der Waals surface area contributed by atoms with Crippen LogP contribution in [0, 0.1) is 0 Å². The summed E-state index contributed by atoms with van der Waals surface area (Å²) in [5, 5.41) is 9.71. The van der Waals surface area contributed by atoms with E-state index >= 15 is 0 Å². The second-order valence-corrected chi connectivity index (χ2v) is 5.06. The molecule has 5 nitrogen and oxygen atoms in total. The van der Waals surface area contributed by atoms with Gasteiger partial charge in [0.1, 0.15) is 5.60 Å². The fourth-order valence-electron chi connectivity index (χ4n) is 1.68. The number of hydrogen-bond acceptors (Lipinski definition) is 4. The average Bonchev–Trinajstić information content (AvgIpc) is 2.15. The summed E-state index contributed by atoms with van der Waals surface area (Å²) in [6, 6.07) is 0. The van der Waals surface area contributed by atoms with Crippen molar-refractivity contribution in [3.8, 4) is 0 Å². The molecule has 0 radical (unpaired) electrons. The van der Waals surface area contributed by atoms with E-state index in [9.17, 15) is 9.90 Å². The van der Waals surface area contributed by atoms with Crippen LogP contribution in [0.2, 0.25) is 0 Å². The van der Waals surface area contributed by atoms with Crippen molar-refractivity contribution >= 4 is 6.09 Å². The Hall–Kier alpha value is -0.810. The van der Waals surface area contributed by atoms with E-state index in [4.69, 9.17) is 9.47 Å². The van der Waals surface area contributed by atoms with Crippen molar-refractivity contribution in [1.29, 1.82) is 0 Å². The molecule has 94 valence electrons. The topological polar surface area (TPSA) is 59.0 Å². The first kappa shape index (κ1) is 13.3. The molecule has 2 atom stereocenters. The number of aliphatic hydroxyl groups is 1. The number of amides is 1. The zero-order valence-corrected chi connectivity index (χ0v) is 10.4. The van der Waals surface area contributed by atoms with E-state index in [0.717, 1.165) is 0 Å². The molecule has 0 aromatic carbocycles. The zero-order chi connectivity index (χ0) is 12.3. The molecule has 1 N–H and O–H groups in total. The Morgan fingerprint density at radius 1 is 1.44 bits per heavy atom. The molecule has 1 amide bonds. The van der Waals surface area contributed by atoms with Gasteiger partial charge in [0, 0.05) is 13.7 Å². The summed E-state index contributed by atoms with van der Waals surface area (Å²) in [5.41, 5.74) is -0.500. The third kappa shape index (κ3) is 3.64. The van der Waals surface area contributed by atoms with Crippen molar-refractivity contribution in [2.75, 3.05) is 20.2 Å². The van der Waals surface area contributed by atoms with E-state index in [0.29, 0.717) is 13.0 Å². The van der Waals surface area contributed by atoms with Crippen LogP contribution in [0.1, 0.15) is 27.2 Å². The van der Waals surface area contributed by atoms with Crippen LogP contribution >= 0.6 is 0 Å². The van der Waals surface area contributed by atoms with Gasteiger partial charge >= 0.3 is 6.09 Å². The van der Waals surface area contributed by atoms with Gasteiger partial charge in [0.05, 0.1) is 18.8 Å². The molecule has 0 unspecified atom stereocenters. The van der Waals surface area contributed by atoms with Gasteiger partial charge < -0.3 is 19.5 Å². The maximum atomic E-state index is 11.7. The molecule has 1 fully saturated rings. The van der Waals surface area contributed by atoms with Crippen LogP contribution in [0.3, 0.4) is 0 Å². The molecule has 0 saturated carbocycles. The molecule has 0 aliphatic carbocycles. The van der Waals surface area contributed by atoms with Crippen molar-refractivity contribution < 1.29 is 19.4 Å². The molecule has 1 aliphatic heterocycles. The van der Waals surface area contributed by atoms with Crippen molar-refractivity contribution in [2.45, 2.75) is 45.0 Å². The predicted octanol–water partition coefficient (Wildman–Crippen LogP) is 1.00. The summed E-state index contributed by atoms with van der Waals surface area (Å²) >= 11 is 0. The number of hydrogen-bond donors (Lipinski definition) is 1. The molecule has 16 heavy (non-hydrogen) atoms. The van der Waals surface area contributed by atoms with Gasteiger partial charge in [-0.2, -0.15) is 0 Å². The van der Waals surface area contributed by atoms with E-state index < -0.39 is 11.7 Å². The Balaban J connectivity index is 2.48. The lowest BCUT2D eigenvalue weighted by Gasteiger charge is -2.35. The Morgan fingerprint density at radius 3 is 2.50 bits per heavy atom. The van der Waals surface area contributed by atoms with E-state index in [2.05, 4.69) is 0 Å². The zero-order valence-electron chi connectivity index (χ0n) is 10.4. The minimum Gasteiger partial charge on any atom is -0.444 e. The summed E-state index contributed by atoms with van der Waals surface area (Å²) in [4.78, 5) is 13.2. The first-order valence-corrected chi connectivity index (χ1v) is 5.52. The lowest BCUT2D eigenvalue weighted by Crippen LogP contribution is -2.50. The number of ether oxygens (including phenoxy) is 2. The first-order chi connectivity index (χ1) is 7.33. The van der Waals surface area contributed by atoms with Gasteiger partial charge in [0.2, 0.25) is 0 Å². The summed E-state index contributed by atoms with van der Waals surface area (Å²) in [6.07, 6.45) is -0.553. The SMILES string of the molecule is CO[C@H]1CCN(C(=O)OC(C)(C)C)C[C@@H]1O. The fourth-order valence-corrected chi connectivity index (χ4v) is 1.68. The number of methoxy groups -OCH3 is 1. The van der Waals surface area contributed by atoms with Gasteiger partial charge in [-0.25, -0.2) is 4.79 Å². The minimum atomic E-state index is -0.633. The third-order valence-corrected chi connectivity index (χ3v) is 2.47. The maximum Gasteiger partial charge on any atom is 0.410 e. The van der Waals surface area contributed by atoms with Crippen LogP contribution in [0.4, 0.5) is 4.79 Å². The minimum absolute atomic E-state index is 0.182. The smallest absolute Gasteiger partial charge is 0.410 e. The number of nitrogens with zero attached hydrogens (tertiary/aromatic N) is 1.